The van der Waals surface area contributed by atoms with Gasteiger partial charge in [0.1, 0.15) is 6.10 Å². The summed E-state index contributed by atoms with van der Waals surface area (Å²) in [5, 5.41) is 0. The molecule has 3 atom stereocenters. The molecule has 4 nitrogen and oxygen atoms in total. The molecule has 4 heteroatoms. The zero-order valence-corrected chi connectivity index (χ0v) is 10.4. The molecule has 0 spiro atoms. The molecule has 0 radical (unpaired) electrons. The van der Waals surface area contributed by atoms with Crippen LogP contribution in [-0.2, 0) is 19.1 Å². The average molecular weight is 228 g/mol. The van der Waals surface area contributed by atoms with Crippen LogP contribution < -0.4 is 0 Å². The van der Waals surface area contributed by atoms with Crippen molar-refractivity contribution >= 4 is 11.9 Å². The van der Waals surface area contributed by atoms with Gasteiger partial charge in [-0.2, -0.15) is 0 Å². The number of ether oxygens (including phenoxy) is 2. The number of carbonyl (C=O) groups excluding carboxylic acids is 2. The third-order valence-electron chi connectivity index (χ3n) is 3.41. The van der Waals surface area contributed by atoms with Crippen molar-refractivity contribution in [2.75, 3.05) is 0 Å². The largest absolute Gasteiger partial charge is 0.458 e. The molecule has 0 aromatic carbocycles. The summed E-state index contributed by atoms with van der Waals surface area (Å²) < 4.78 is 10.6. The van der Waals surface area contributed by atoms with Gasteiger partial charge in [-0.15, -0.1) is 0 Å². The monoisotopic (exact) mass is 228 g/mol. The molecule has 1 aliphatic heterocycles. The van der Waals surface area contributed by atoms with Crippen LogP contribution >= 0.6 is 0 Å². The van der Waals surface area contributed by atoms with Crippen molar-refractivity contribution in [1.82, 2.24) is 0 Å². The number of rotatable bonds is 4. The van der Waals surface area contributed by atoms with Crippen LogP contribution in [0.4, 0.5) is 0 Å². The Hall–Kier alpha value is -1.06. The van der Waals surface area contributed by atoms with Crippen molar-refractivity contribution in [2.45, 2.75) is 58.7 Å². The van der Waals surface area contributed by atoms with Crippen LogP contribution in [0.3, 0.4) is 0 Å². The summed E-state index contributed by atoms with van der Waals surface area (Å²) in [6.45, 7) is 7.44. The highest BCUT2D eigenvalue weighted by molar-refractivity contribution is 5.77. The van der Waals surface area contributed by atoms with E-state index in [1.165, 1.54) is 0 Å². The molecule has 3 unspecified atom stereocenters. The van der Waals surface area contributed by atoms with Crippen LogP contribution in [0.25, 0.3) is 0 Å². The predicted molar refractivity (Wildman–Crippen MR) is 58.7 cm³/mol. The van der Waals surface area contributed by atoms with E-state index in [0.717, 1.165) is 6.42 Å². The second-order valence-electron chi connectivity index (χ2n) is 4.46. The molecule has 16 heavy (non-hydrogen) atoms. The number of esters is 2. The summed E-state index contributed by atoms with van der Waals surface area (Å²) in [6.07, 6.45) is 1.16. The molecule has 0 aromatic heterocycles. The van der Waals surface area contributed by atoms with Gasteiger partial charge in [0.15, 0.2) is 5.60 Å². The maximum absolute atomic E-state index is 11.8. The lowest BCUT2D eigenvalue weighted by Crippen LogP contribution is -2.42. The van der Waals surface area contributed by atoms with Gasteiger partial charge < -0.3 is 9.47 Å². The van der Waals surface area contributed by atoms with Gasteiger partial charge in [-0.1, -0.05) is 20.8 Å². The van der Waals surface area contributed by atoms with Gasteiger partial charge in [-0.3, -0.25) is 9.59 Å². The Labute approximate surface area is 96.3 Å². The quantitative estimate of drug-likeness (QED) is 0.691. The van der Waals surface area contributed by atoms with Crippen LogP contribution in [0.1, 0.15) is 47.0 Å². The molecule has 0 aliphatic carbocycles. The normalized spacial score (nSPS) is 31.0. The average Bonchev–Trinajstić information content (AvgIpc) is 2.53. The van der Waals surface area contributed by atoms with E-state index in [1.807, 2.05) is 20.8 Å². The lowest BCUT2D eigenvalue weighted by Gasteiger charge is -2.30. The molecule has 1 saturated heterocycles. The van der Waals surface area contributed by atoms with Gasteiger partial charge >= 0.3 is 11.9 Å². The fourth-order valence-electron chi connectivity index (χ4n) is 1.81. The Bertz CT molecular complexity index is 287. The first-order valence-electron chi connectivity index (χ1n) is 5.87. The number of cyclic esters (lactones) is 1. The minimum absolute atomic E-state index is 0.133. The molecule has 0 bridgehead atoms. The first-order valence-corrected chi connectivity index (χ1v) is 5.87. The number of carbonyl (C=O) groups is 2. The minimum Gasteiger partial charge on any atom is -0.458 e. The third-order valence-corrected chi connectivity index (χ3v) is 3.41. The molecule has 1 aliphatic rings. The number of hydrogen-bond acceptors (Lipinski definition) is 4. The smallest absolute Gasteiger partial charge is 0.310 e. The summed E-state index contributed by atoms with van der Waals surface area (Å²) in [5.74, 6) is -0.660. The Morgan fingerprint density at radius 3 is 2.62 bits per heavy atom. The van der Waals surface area contributed by atoms with E-state index in [0.29, 0.717) is 6.42 Å². The van der Waals surface area contributed by atoms with Gasteiger partial charge in [0, 0.05) is 0 Å². The lowest BCUT2D eigenvalue weighted by molar-refractivity contribution is -0.170. The Morgan fingerprint density at radius 2 is 2.25 bits per heavy atom. The molecule has 1 rings (SSSR count). The zero-order chi connectivity index (χ0) is 12.3. The second-order valence-corrected chi connectivity index (χ2v) is 4.46. The van der Waals surface area contributed by atoms with E-state index in [9.17, 15) is 9.59 Å². The fourth-order valence-corrected chi connectivity index (χ4v) is 1.81. The lowest BCUT2D eigenvalue weighted by atomic mass is 9.92. The summed E-state index contributed by atoms with van der Waals surface area (Å²) in [4.78, 5) is 23.0. The van der Waals surface area contributed by atoms with E-state index >= 15 is 0 Å². The summed E-state index contributed by atoms with van der Waals surface area (Å²) >= 11 is 0. The van der Waals surface area contributed by atoms with Crippen molar-refractivity contribution in [1.29, 1.82) is 0 Å². The summed E-state index contributed by atoms with van der Waals surface area (Å²) in [6, 6.07) is 0. The van der Waals surface area contributed by atoms with Gasteiger partial charge in [0.2, 0.25) is 0 Å². The van der Waals surface area contributed by atoms with E-state index in [2.05, 4.69) is 0 Å². The SMILES string of the molecule is CCC(C)C(=O)OC1(CC)CC(=O)OC1C. The molecule has 0 saturated carbocycles. The Kier molecular flexibility index (Phi) is 3.94. The van der Waals surface area contributed by atoms with Crippen molar-refractivity contribution in [3.8, 4) is 0 Å². The van der Waals surface area contributed by atoms with E-state index in [-0.39, 0.29) is 30.4 Å². The summed E-state index contributed by atoms with van der Waals surface area (Å²) in [7, 11) is 0. The second kappa shape index (κ2) is 4.85. The topological polar surface area (TPSA) is 52.6 Å². The minimum atomic E-state index is -0.752. The number of hydrogen-bond donors (Lipinski definition) is 0. The molecular formula is C12H20O4. The maximum Gasteiger partial charge on any atom is 0.310 e. The highest BCUT2D eigenvalue weighted by Crippen LogP contribution is 2.34. The van der Waals surface area contributed by atoms with Crippen molar-refractivity contribution in [3.63, 3.8) is 0 Å². The molecule has 0 amide bonds. The fraction of sp³-hybridized carbons (Fsp3) is 0.833. The zero-order valence-electron chi connectivity index (χ0n) is 10.4. The van der Waals surface area contributed by atoms with Gasteiger partial charge in [-0.25, -0.2) is 0 Å². The van der Waals surface area contributed by atoms with Gasteiger partial charge in [-0.05, 0) is 19.8 Å². The van der Waals surface area contributed by atoms with Gasteiger partial charge in [0.05, 0.1) is 12.3 Å². The van der Waals surface area contributed by atoms with Crippen LogP contribution in [0.5, 0.6) is 0 Å². The van der Waals surface area contributed by atoms with E-state index < -0.39 is 5.60 Å². The molecule has 0 aromatic rings. The van der Waals surface area contributed by atoms with Crippen molar-refractivity contribution in [2.24, 2.45) is 5.92 Å². The Balaban J connectivity index is 2.75. The first-order chi connectivity index (χ1) is 7.45. The van der Waals surface area contributed by atoms with Crippen LogP contribution in [-0.4, -0.2) is 23.6 Å². The predicted octanol–water partition coefficient (Wildman–Crippen LogP) is 2.06. The van der Waals surface area contributed by atoms with E-state index in [1.54, 1.807) is 6.92 Å². The standard InChI is InChI=1S/C12H20O4/c1-5-8(3)11(14)16-12(6-2)7-10(13)15-9(12)4/h8-9H,5-7H2,1-4H3. The van der Waals surface area contributed by atoms with Gasteiger partial charge in [0.25, 0.3) is 0 Å². The third kappa shape index (κ3) is 2.36. The van der Waals surface area contributed by atoms with Crippen LogP contribution in [0, 0.1) is 5.92 Å². The molecule has 92 valence electrons. The molecule has 1 heterocycles. The molecular weight excluding hydrogens is 208 g/mol. The van der Waals surface area contributed by atoms with Crippen LogP contribution in [0.15, 0.2) is 0 Å². The molecule has 0 N–H and O–H groups in total. The first kappa shape index (κ1) is 13.0. The highest BCUT2D eigenvalue weighted by atomic mass is 16.6. The van der Waals surface area contributed by atoms with Crippen molar-refractivity contribution < 1.29 is 19.1 Å². The Morgan fingerprint density at radius 1 is 1.62 bits per heavy atom. The summed E-state index contributed by atoms with van der Waals surface area (Å²) in [5.41, 5.74) is -0.752. The maximum atomic E-state index is 11.8. The van der Waals surface area contributed by atoms with Crippen LogP contribution in [0.2, 0.25) is 0 Å². The van der Waals surface area contributed by atoms with E-state index in [4.69, 9.17) is 9.47 Å². The molecule has 1 fully saturated rings. The van der Waals surface area contributed by atoms with Crippen molar-refractivity contribution in [3.05, 3.63) is 0 Å². The highest BCUT2D eigenvalue weighted by Gasteiger charge is 2.49.